The zero-order valence-electron chi connectivity index (χ0n) is 14.0. The predicted octanol–water partition coefficient (Wildman–Crippen LogP) is 2.59. The number of anilines is 1. The summed E-state index contributed by atoms with van der Waals surface area (Å²) in [5.74, 6) is 0.644. The molecule has 1 aromatic heterocycles. The van der Waals surface area contributed by atoms with Crippen molar-refractivity contribution in [1.82, 2.24) is 14.9 Å². The first kappa shape index (κ1) is 16.8. The van der Waals surface area contributed by atoms with Crippen molar-refractivity contribution >= 4 is 23.5 Å². The van der Waals surface area contributed by atoms with Gasteiger partial charge in [0.25, 0.3) is 0 Å². The summed E-state index contributed by atoms with van der Waals surface area (Å²) in [6, 6.07) is 3.90. The summed E-state index contributed by atoms with van der Waals surface area (Å²) in [4.78, 5) is 24.4. The van der Waals surface area contributed by atoms with Crippen molar-refractivity contribution in [3.05, 3.63) is 17.0 Å². The SMILES string of the molecule is CC(C)(C)OC(=O)N1CCC2C1CCN2c1cc(C#N)nc(Cl)n1. The molecule has 0 saturated carbocycles. The molecule has 1 amide bonds. The zero-order chi connectivity index (χ0) is 17.5. The molecular formula is C16H20ClN5O2. The van der Waals surface area contributed by atoms with Gasteiger partial charge in [-0.2, -0.15) is 5.26 Å². The number of carbonyl (C=O) groups is 1. The van der Waals surface area contributed by atoms with E-state index in [1.165, 1.54) is 0 Å². The van der Waals surface area contributed by atoms with Gasteiger partial charge in [-0.25, -0.2) is 14.8 Å². The third-order valence-corrected chi connectivity index (χ3v) is 4.47. The highest BCUT2D eigenvalue weighted by molar-refractivity contribution is 6.28. The normalized spacial score (nSPS) is 23.1. The molecule has 2 atom stereocenters. The number of nitrogens with zero attached hydrogens (tertiary/aromatic N) is 5. The van der Waals surface area contributed by atoms with Gasteiger partial charge in [-0.3, -0.25) is 0 Å². The van der Waals surface area contributed by atoms with Gasteiger partial charge in [-0.1, -0.05) is 0 Å². The van der Waals surface area contributed by atoms with Crippen molar-refractivity contribution in [2.45, 2.75) is 51.3 Å². The monoisotopic (exact) mass is 349 g/mol. The maximum absolute atomic E-state index is 12.4. The molecule has 3 rings (SSSR count). The zero-order valence-corrected chi connectivity index (χ0v) is 14.7. The average molecular weight is 350 g/mol. The number of halogens is 1. The number of aromatic nitrogens is 2. The number of likely N-dealkylation sites (tertiary alicyclic amines) is 1. The molecular weight excluding hydrogens is 330 g/mol. The minimum atomic E-state index is -0.505. The Bertz CT molecular complexity index is 697. The second-order valence-electron chi connectivity index (χ2n) is 7.07. The maximum Gasteiger partial charge on any atom is 0.410 e. The molecule has 2 aliphatic heterocycles. The van der Waals surface area contributed by atoms with Gasteiger partial charge in [0, 0.05) is 19.2 Å². The number of carbonyl (C=O) groups excluding carboxylic acids is 1. The van der Waals surface area contributed by atoms with E-state index in [0.29, 0.717) is 12.4 Å². The van der Waals surface area contributed by atoms with Crippen LogP contribution in [0.1, 0.15) is 39.3 Å². The number of fused-ring (bicyclic) bond motifs is 1. The summed E-state index contributed by atoms with van der Waals surface area (Å²) < 4.78 is 5.51. The molecule has 0 spiro atoms. The maximum atomic E-state index is 12.4. The summed E-state index contributed by atoms with van der Waals surface area (Å²) in [5, 5.41) is 9.12. The largest absolute Gasteiger partial charge is 0.444 e. The van der Waals surface area contributed by atoms with Crippen LogP contribution in [-0.2, 0) is 4.74 Å². The molecule has 1 aromatic rings. The lowest BCUT2D eigenvalue weighted by molar-refractivity contribution is 0.0228. The lowest BCUT2D eigenvalue weighted by Crippen LogP contribution is -2.42. The van der Waals surface area contributed by atoms with Gasteiger partial charge in [-0.15, -0.1) is 0 Å². The quantitative estimate of drug-likeness (QED) is 0.725. The van der Waals surface area contributed by atoms with Crippen LogP contribution in [0.25, 0.3) is 0 Å². The van der Waals surface area contributed by atoms with E-state index in [0.717, 1.165) is 19.4 Å². The molecule has 2 fully saturated rings. The summed E-state index contributed by atoms with van der Waals surface area (Å²) in [6.45, 7) is 7.01. The first-order valence-electron chi connectivity index (χ1n) is 7.99. The second kappa shape index (κ2) is 6.10. The molecule has 2 unspecified atom stereocenters. The molecule has 3 heterocycles. The molecule has 0 bridgehead atoms. The van der Waals surface area contributed by atoms with Crippen molar-refractivity contribution < 1.29 is 9.53 Å². The fourth-order valence-electron chi connectivity index (χ4n) is 3.43. The van der Waals surface area contributed by atoms with Crippen LogP contribution < -0.4 is 4.90 Å². The third-order valence-electron chi connectivity index (χ3n) is 4.30. The highest BCUT2D eigenvalue weighted by atomic mass is 35.5. The number of amides is 1. The van der Waals surface area contributed by atoms with Crippen molar-refractivity contribution in [3.8, 4) is 6.07 Å². The molecule has 2 aliphatic rings. The van der Waals surface area contributed by atoms with Crippen molar-refractivity contribution in [2.75, 3.05) is 18.0 Å². The standard InChI is InChI=1S/C16H20ClN5O2/c1-16(2,3)24-15(23)22-7-5-11-12(22)4-6-21(11)13-8-10(9-18)19-14(17)20-13/h8,11-12H,4-7H2,1-3H3. The highest BCUT2D eigenvalue weighted by Crippen LogP contribution is 2.35. The Morgan fingerprint density at radius 1 is 1.33 bits per heavy atom. The second-order valence-corrected chi connectivity index (χ2v) is 7.41. The van der Waals surface area contributed by atoms with Crippen LogP contribution >= 0.6 is 11.6 Å². The molecule has 0 N–H and O–H groups in total. The van der Waals surface area contributed by atoms with Crippen molar-refractivity contribution in [2.24, 2.45) is 0 Å². The smallest absolute Gasteiger partial charge is 0.410 e. The van der Waals surface area contributed by atoms with Gasteiger partial charge >= 0.3 is 6.09 Å². The molecule has 8 heteroatoms. The van der Waals surface area contributed by atoms with Crippen LogP contribution in [0.15, 0.2) is 6.07 Å². The van der Waals surface area contributed by atoms with Gasteiger partial charge in [0.15, 0.2) is 0 Å². The molecule has 128 valence electrons. The van der Waals surface area contributed by atoms with Crippen LogP contribution in [0.5, 0.6) is 0 Å². The Balaban J connectivity index is 1.77. The average Bonchev–Trinajstić information content (AvgIpc) is 3.05. The van der Waals surface area contributed by atoms with Gasteiger partial charge in [0.1, 0.15) is 23.2 Å². The Morgan fingerprint density at radius 2 is 2.04 bits per heavy atom. The fourth-order valence-corrected chi connectivity index (χ4v) is 3.61. The van der Waals surface area contributed by atoms with Crippen LogP contribution in [0.3, 0.4) is 0 Å². The van der Waals surface area contributed by atoms with Gasteiger partial charge < -0.3 is 14.5 Å². The summed E-state index contributed by atoms with van der Waals surface area (Å²) in [6.07, 6.45) is 1.41. The van der Waals surface area contributed by atoms with E-state index in [1.807, 2.05) is 31.7 Å². The molecule has 0 aliphatic carbocycles. The minimum absolute atomic E-state index is 0.0643. The van der Waals surface area contributed by atoms with Gasteiger partial charge in [-0.05, 0) is 45.2 Å². The Hall–Kier alpha value is -2.07. The molecule has 7 nitrogen and oxygen atoms in total. The van der Waals surface area contributed by atoms with E-state index in [9.17, 15) is 4.79 Å². The van der Waals surface area contributed by atoms with Crippen LogP contribution in [-0.4, -0.2) is 51.7 Å². The van der Waals surface area contributed by atoms with E-state index in [4.69, 9.17) is 21.6 Å². The fraction of sp³-hybridized carbons (Fsp3) is 0.625. The highest BCUT2D eigenvalue weighted by Gasteiger charge is 2.46. The third kappa shape index (κ3) is 3.24. The van der Waals surface area contributed by atoms with E-state index >= 15 is 0 Å². The van der Waals surface area contributed by atoms with E-state index in [-0.39, 0.29) is 29.2 Å². The molecule has 0 aromatic carbocycles. The molecule has 2 saturated heterocycles. The van der Waals surface area contributed by atoms with Gasteiger partial charge in [0.05, 0.1) is 12.1 Å². The van der Waals surface area contributed by atoms with E-state index < -0.39 is 5.60 Å². The summed E-state index contributed by atoms with van der Waals surface area (Å²) in [7, 11) is 0. The molecule has 24 heavy (non-hydrogen) atoms. The lowest BCUT2D eigenvalue weighted by atomic mass is 10.1. The van der Waals surface area contributed by atoms with Crippen LogP contribution in [0.4, 0.5) is 10.6 Å². The number of hydrogen-bond acceptors (Lipinski definition) is 6. The summed E-state index contributed by atoms with van der Waals surface area (Å²) in [5.41, 5.74) is -0.259. The Kier molecular flexibility index (Phi) is 4.26. The van der Waals surface area contributed by atoms with E-state index in [1.54, 1.807) is 6.07 Å². The number of hydrogen-bond donors (Lipinski definition) is 0. The van der Waals surface area contributed by atoms with Crippen LogP contribution in [0, 0.1) is 11.3 Å². The topological polar surface area (TPSA) is 82.4 Å². The van der Waals surface area contributed by atoms with Crippen molar-refractivity contribution in [3.63, 3.8) is 0 Å². The number of nitriles is 1. The lowest BCUT2D eigenvalue weighted by Gasteiger charge is -2.28. The minimum Gasteiger partial charge on any atom is -0.444 e. The predicted molar refractivity (Wildman–Crippen MR) is 88.9 cm³/mol. The Morgan fingerprint density at radius 3 is 2.71 bits per heavy atom. The number of rotatable bonds is 1. The summed E-state index contributed by atoms with van der Waals surface area (Å²) >= 11 is 5.92. The van der Waals surface area contributed by atoms with Crippen molar-refractivity contribution in [1.29, 1.82) is 5.26 Å². The van der Waals surface area contributed by atoms with E-state index in [2.05, 4.69) is 14.9 Å². The number of ether oxygens (including phenoxy) is 1. The first-order valence-corrected chi connectivity index (χ1v) is 8.37. The Labute approximate surface area is 146 Å². The van der Waals surface area contributed by atoms with Gasteiger partial charge in [0.2, 0.25) is 5.28 Å². The van der Waals surface area contributed by atoms with Crippen LogP contribution in [0.2, 0.25) is 5.28 Å². The molecule has 0 radical (unpaired) electrons. The first-order chi connectivity index (χ1) is 11.3.